The number of nitrogens with one attached hydrogen (secondary N) is 1. The standard InChI is InChI=1S/C21H29Cl2N3O3/c1-13(2)10-18(25-20(28)16-7-6-15(22)11-17(16)23)21(29)26-9-3-4-14(12-26)5-8-19(24)27/h6-7,11,13-14,18H,3-5,8-10,12H2,1-2H3,(H2,24,27)(H,25,28). The summed E-state index contributed by atoms with van der Waals surface area (Å²) < 4.78 is 0. The second-order valence-electron chi connectivity index (χ2n) is 8.08. The maximum Gasteiger partial charge on any atom is 0.253 e. The van der Waals surface area contributed by atoms with E-state index in [1.165, 1.54) is 6.07 Å². The van der Waals surface area contributed by atoms with E-state index >= 15 is 0 Å². The van der Waals surface area contributed by atoms with E-state index < -0.39 is 11.9 Å². The highest BCUT2D eigenvalue weighted by molar-refractivity contribution is 6.36. The Balaban J connectivity index is 2.08. The Morgan fingerprint density at radius 2 is 2.00 bits per heavy atom. The second-order valence-corrected chi connectivity index (χ2v) is 8.92. The van der Waals surface area contributed by atoms with Crippen LogP contribution >= 0.6 is 23.2 Å². The summed E-state index contributed by atoms with van der Waals surface area (Å²) >= 11 is 12.0. The predicted molar refractivity (Wildman–Crippen MR) is 115 cm³/mol. The summed E-state index contributed by atoms with van der Waals surface area (Å²) in [6, 6.07) is 4.02. The van der Waals surface area contributed by atoms with Gasteiger partial charge in [-0.15, -0.1) is 0 Å². The molecule has 1 aliphatic heterocycles. The van der Waals surface area contributed by atoms with E-state index in [0.717, 1.165) is 12.8 Å². The number of amides is 3. The Hall–Kier alpha value is -1.79. The molecule has 0 saturated carbocycles. The zero-order valence-electron chi connectivity index (χ0n) is 16.9. The van der Waals surface area contributed by atoms with Gasteiger partial charge in [-0.05, 0) is 55.7 Å². The molecule has 2 atom stereocenters. The van der Waals surface area contributed by atoms with Gasteiger partial charge >= 0.3 is 0 Å². The monoisotopic (exact) mass is 441 g/mol. The SMILES string of the molecule is CC(C)CC(NC(=O)c1ccc(Cl)cc1Cl)C(=O)N1CCCC(CCC(N)=O)C1. The predicted octanol–water partition coefficient (Wildman–Crippen LogP) is 3.64. The van der Waals surface area contributed by atoms with E-state index in [-0.39, 0.29) is 34.2 Å². The fourth-order valence-corrected chi connectivity index (χ4v) is 4.16. The van der Waals surface area contributed by atoms with Crippen LogP contribution in [-0.4, -0.2) is 41.8 Å². The van der Waals surface area contributed by atoms with Crippen LogP contribution in [0.25, 0.3) is 0 Å². The van der Waals surface area contributed by atoms with Crippen molar-refractivity contribution < 1.29 is 14.4 Å². The van der Waals surface area contributed by atoms with Gasteiger partial charge in [-0.3, -0.25) is 14.4 Å². The molecule has 0 bridgehead atoms. The van der Waals surface area contributed by atoms with Crippen LogP contribution in [0, 0.1) is 11.8 Å². The maximum absolute atomic E-state index is 13.2. The molecule has 1 aromatic rings. The minimum absolute atomic E-state index is 0.0964. The molecular weight excluding hydrogens is 413 g/mol. The van der Waals surface area contributed by atoms with Gasteiger partial charge in [0.25, 0.3) is 5.91 Å². The van der Waals surface area contributed by atoms with Gasteiger partial charge in [-0.1, -0.05) is 37.0 Å². The van der Waals surface area contributed by atoms with E-state index in [4.69, 9.17) is 28.9 Å². The van der Waals surface area contributed by atoms with Gasteiger partial charge in [0.05, 0.1) is 10.6 Å². The molecule has 29 heavy (non-hydrogen) atoms. The maximum atomic E-state index is 13.2. The molecule has 3 amide bonds. The molecule has 160 valence electrons. The summed E-state index contributed by atoms with van der Waals surface area (Å²) in [5.74, 6) is -0.339. The lowest BCUT2D eigenvalue weighted by molar-refractivity contribution is -0.135. The lowest BCUT2D eigenvalue weighted by Gasteiger charge is -2.35. The molecule has 1 saturated heterocycles. The fourth-order valence-electron chi connectivity index (χ4n) is 3.67. The van der Waals surface area contributed by atoms with Gasteiger partial charge in [0, 0.05) is 24.5 Å². The molecule has 1 aromatic carbocycles. The third-order valence-corrected chi connectivity index (χ3v) is 5.66. The van der Waals surface area contributed by atoms with Gasteiger partial charge in [-0.25, -0.2) is 0 Å². The Morgan fingerprint density at radius 3 is 2.62 bits per heavy atom. The molecule has 1 fully saturated rings. The van der Waals surface area contributed by atoms with Crippen molar-refractivity contribution in [3.8, 4) is 0 Å². The van der Waals surface area contributed by atoms with Gasteiger partial charge < -0.3 is 16.0 Å². The third-order valence-electron chi connectivity index (χ3n) is 5.12. The first-order chi connectivity index (χ1) is 13.7. The highest BCUT2D eigenvalue weighted by atomic mass is 35.5. The first kappa shape index (κ1) is 23.5. The molecule has 0 aliphatic carbocycles. The third kappa shape index (κ3) is 7.19. The number of piperidine rings is 1. The van der Waals surface area contributed by atoms with Crippen LogP contribution in [0.1, 0.15) is 56.3 Å². The van der Waals surface area contributed by atoms with Crippen molar-refractivity contribution in [3.05, 3.63) is 33.8 Å². The molecule has 0 aromatic heterocycles. The lowest BCUT2D eigenvalue weighted by Crippen LogP contribution is -2.51. The van der Waals surface area contributed by atoms with Crippen molar-refractivity contribution in [2.75, 3.05) is 13.1 Å². The average molecular weight is 442 g/mol. The zero-order valence-corrected chi connectivity index (χ0v) is 18.4. The van der Waals surface area contributed by atoms with Crippen LogP contribution in [0.3, 0.4) is 0 Å². The summed E-state index contributed by atoms with van der Waals surface area (Å²) in [6.07, 6.45) is 3.38. The van der Waals surface area contributed by atoms with Crippen molar-refractivity contribution in [3.63, 3.8) is 0 Å². The summed E-state index contributed by atoms with van der Waals surface area (Å²) in [6.45, 7) is 5.25. The lowest BCUT2D eigenvalue weighted by atomic mass is 9.92. The summed E-state index contributed by atoms with van der Waals surface area (Å²) in [7, 11) is 0. The minimum Gasteiger partial charge on any atom is -0.370 e. The van der Waals surface area contributed by atoms with Crippen LogP contribution in [0.15, 0.2) is 18.2 Å². The first-order valence-electron chi connectivity index (χ1n) is 10.00. The minimum atomic E-state index is -0.635. The fraction of sp³-hybridized carbons (Fsp3) is 0.571. The molecule has 3 N–H and O–H groups in total. The van der Waals surface area contributed by atoms with Crippen molar-refractivity contribution in [1.29, 1.82) is 0 Å². The number of benzene rings is 1. The molecule has 1 aliphatic rings. The number of carbonyl (C=O) groups is 3. The Labute approximate surface area is 182 Å². The molecule has 2 rings (SSSR count). The smallest absolute Gasteiger partial charge is 0.253 e. The number of nitrogens with zero attached hydrogens (tertiary/aromatic N) is 1. The van der Waals surface area contributed by atoms with E-state index in [0.29, 0.717) is 37.4 Å². The number of hydrogen-bond donors (Lipinski definition) is 2. The van der Waals surface area contributed by atoms with Crippen LogP contribution in [0.5, 0.6) is 0 Å². The van der Waals surface area contributed by atoms with Crippen LogP contribution in [-0.2, 0) is 9.59 Å². The van der Waals surface area contributed by atoms with Crippen molar-refractivity contribution in [2.24, 2.45) is 17.6 Å². The Kier molecular flexibility index (Phi) is 8.78. The van der Waals surface area contributed by atoms with Crippen molar-refractivity contribution in [1.82, 2.24) is 10.2 Å². The quantitative estimate of drug-likeness (QED) is 0.644. The molecular formula is C21H29Cl2N3O3. The molecule has 8 heteroatoms. The van der Waals surface area contributed by atoms with Crippen molar-refractivity contribution in [2.45, 2.75) is 52.0 Å². The highest BCUT2D eigenvalue weighted by Gasteiger charge is 2.31. The van der Waals surface area contributed by atoms with E-state index in [9.17, 15) is 14.4 Å². The Morgan fingerprint density at radius 1 is 1.28 bits per heavy atom. The number of carbonyl (C=O) groups excluding carboxylic acids is 3. The molecule has 1 heterocycles. The average Bonchev–Trinajstić information content (AvgIpc) is 2.65. The van der Waals surface area contributed by atoms with E-state index in [2.05, 4.69) is 5.32 Å². The van der Waals surface area contributed by atoms with E-state index in [1.807, 2.05) is 13.8 Å². The molecule has 0 radical (unpaired) electrons. The first-order valence-corrected chi connectivity index (χ1v) is 10.8. The van der Waals surface area contributed by atoms with Gasteiger partial charge in [0.2, 0.25) is 11.8 Å². The number of primary amides is 1. The highest BCUT2D eigenvalue weighted by Crippen LogP contribution is 2.24. The van der Waals surface area contributed by atoms with Gasteiger partial charge in [0.1, 0.15) is 6.04 Å². The molecule has 6 nitrogen and oxygen atoms in total. The van der Waals surface area contributed by atoms with Crippen LogP contribution in [0.2, 0.25) is 10.0 Å². The number of halogens is 2. The largest absolute Gasteiger partial charge is 0.370 e. The normalized spacial score (nSPS) is 17.8. The van der Waals surface area contributed by atoms with E-state index in [1.54, 1.807) is 17.0 Å². The van der Waals surface area contributed by atoms with Crippen LogP contribution in [0.4, 0.5) is 0 Å². The van der Waals surface area contributed by atoms with Crippen LogP contribution < -0.4 is 11.1 Å². The molecule has 0 spiro atoms. The van der Waals surface area contributed by atoms with Gasteiger partial charge in [-0.2, -0.15) is 0 Å². The summed E-state index contributed by atoms with van der Waals surface area (Å²) in [5, 5.41) is 3.54. The number of likely N-dealkylation sites (tertiary alicyclic amines) is 1. The Bertz CT molecular complexity index is 755. The number of hydrogen-bond acceptors (Lipinski definition) is 3. The summed E-state index contributed by atoms with van der Waals surface area (Å²) in [5.41, 5.74) is 5.54. The number of rotatable bonds is 8. The topological polar surface area (TPSA) is 92.5 Å². The number of nitrogens with two attached hydrogens (primary N) is 1. The summed E-state index contributed by atoms with van der Waals surface area (Å²) in [4.78, 5) is 38.8. The zero-order chi connectivity index (χ0) is 21.6. The van der Waals surface area contributed by atoms with Gasteiger partial charge in [0.15, 0.2) is 0 Å². The van der Waals surface area contributed by atoms with Crippen molar-refractivity contribution >= 4 is 40.9 Å². The molecule has 2 unspecified atom stereocenters. The second kappa shape index (κ2) is 10.8.